The van der Waals surface area contributed by atoms with Crippen LogP contribution in [-0.2, 0) is 4.79 Å². The second kappa shape index (κ2) is 6.95. The molecule has 1 aromatic carbocycles. The fraction of sp³-hybridized carbons (Fsp3) is 0.294. The Hall–Kier alpha value is -3.01. The van der Waals surface area contributed by atoms with Gasteiger partial charge in [0.1, 0.15) is 16.9 Å². The number of benzene rings is 1. The molecule has 4 rings (SSSR count). The van der Waals surface area contributed by atoms with Crippen molar-refractivity contribution >= 4 is 34.4 Å². The summed E-state index contributed by atoms with van der Waals surface area (Å²) < 4.78 is 12.0. The molecule has 10 heteroatoms. The van der Waals surface area contributed by atoms with Gasteiger partial charge in [-0.3, -0.25) is 19.3 Å². The highest BCUT2D eigenvalue weighted by atomic mass is 32.2. The van der Waals surface area contributed by atoms with E-state index in [0.717, 1.165) is 0 Å². The number of fused-ring (bicyclic) bond motifs is 2. The molecule has 1 aliphatic heterocycles. The van der Waals surface area contributed by atoms with Crippen LogP contribution in [0.2, 0.25) is 0 Å². The van der Waals surface area contributed by atoms with Crippen LogP contribution in [0.3, 0.4) is 0 Å². The summed E-state index contributed by atoms with van der Waals surface area (Å²) in [6.45, 7) is 0. The Balaban J connectivity index is 1.55. The number of methoxy groups -OCH3 is 2. The molecule has 3 heterocycles. The van der Waals surface area contributed by atoms with Crippen LogP contribution in [0, 0.1) is 0 Å². The Morgan fingerprint density at radius 2 is 2.26 bits per heavy atom. The Morgan fingerprint density at radius 1 is 1.41 bits per heavy atom. The quantitative estimate of drug-likeness (QED) is 0.642. The molecular weight excluding hydrogens is 370 g/mol. The van der Waals surface area contributed by atoms with Gasteiger partial charge in [-0.05, 0) is 12.1 Å². The lowest BCUT2D eigenvalue weighted by Gasteiger charge is -2.15. The molecule has 0 radical (unpaired) electrons. The minimum absolute atomic E-state index is 0.153. The van der Waals surface area contributed by atoms with Crippen molar-refractivity contribution in [2.75, 3.05) is 25.3 Å². The average Bonchev–Trinajstić information content (AvgIpc) is 3.30. The Kier molecular flexibility index (Phi) is 4.48. The Labute approximate surface area is 158 Å². The van der Waals surface area contributed by atoms with E-state index in [1.165, 1.54) is 25.1 Å². The van der Waals surface area contributed by atoms with E-state index in [0.29, 0.717) is 39.1 Å². The number of hydrogen-bond donors (Lipinski definition) is 2. The van der Waals surface area contributed by atoms with Gasteiger partial charge in [-0.15, -0.1) is 0 Å². The van der Waals surface area contributed by atoms with Gasteiger partial charge in [-0.1, -0.05) is 11.8 Å². The van der Waals surface area contributed by atoms with Crippen molar-refractivity contribution in [3.05, 3.63) is 34.7 Å². The number of nitrogens with one attached hydrogen (secondary N) is 2. The molecule has 0 bridgehead atoms. The SMILES string of the molecule is COc1ccc(NC(=O)CC2CSc3nc4[nH]ncc4c(=O)n32)c(OC)c1. The second-order valence-corrected chi connectivity index (χ2v) is 6.97. The molecular formula is C17H17N5O4S. The molecule has 9 nitrogen and oxygen atoms in total. The van der Waals surface area contributed by atoms with Gasteiger partial charge in [0.05, 0.1) is 32.1 Å². The van der Waals surface area contributed by atoms with Gasteiger partial charge in [-0.25, -0.2) is 4.98 Å². The van der Waals surface area contributed by atoms with Crippen LogP contribution in [0.1, 0.15) is 12.5 Å². The molecule has 0 aliphatic carbocycles. The summed E-state index contributed by atoms with van der Waals surface area (Å²) in [5.41, 5.74) is 0.824. The average molecular weight is 387 g/mol. The summed E-state index contributed by atoms with van der Waals surface area (Å²) in [6, 6.07) is 4.88. The highest BCUT2D eigenvalue weighted by Crippen LogP contribution is 2.34. The zero-order valence-corrected chi connectivity index (χ0v) is 15.5. The maximum atomic E-state index is 12.7. The van der Waals surface area contributed by atoms with Gasteiger partial charge in [0.25, 0.3) is 5.56 Å². The van der Waals surface area contributed by atoms with Gasteiger partial charge < -0.3 is 14.8 Å². The number of nitrogens with zero attached hydrogens (tertiary/aromatic N) is 3. The largest absolute Gasteiger partial charge is 0.497 e. The Morgan fingerprint density at radius 3 is 3.04 bits per heavy atom. The van der Waals surface area contributed by atoms with Crippen LogP contribution in [-0.4, -0.2) is 45.6 Å². The van der Waals surface area contributed by atoms with E-state index in [-0.39, 0.29) is 23.9 Å². The number of hydrogen-bond acceptors (Lipinski definition) is 7. The molecule has 3 aromatic rings. The van der Waals surface area contributed by atoms with E-state index in [9.17, 15) is 9.59 Å². The van der Waals surface area contributed by atoms with Crippen molar-refractivity contribution in [2.45, 2.75) is 17.6 Å². The fourth-order valence-electron chi connectivity index (χ4n) is 3.02. The number of carbonyl (C=O) groups is 1. The topological polar surface area (TPSA) is 111 Å². The van der Waals surface area contributed by atoms with Crippen molar-refractivity contribution in [3.8, 4) is 11.5 Å². The van der Waals surface area contributed by atoms with Gasteiger partial charge in [0.2, 0.25) is 5.91 Å². The summed E-state index contributed by atoms with van der Waals surface area (Å²) >= 11 is 1.45. The van der Waals surface area contributed by atoms with Crippen molar-refractivity contribution in [1.82, 2.24) is 19.7 Å². The molecule has 0 spiro atoms. The van der Waals surface area contributed by atoms with E-state index >= 15 is 0 Å². The van der Waals surface area contributed by atoms with Crippen molar-refractivity contribution in [1.29, 1.82) is 0 Å². The molecule has 0 saturated carbocycles. The summed E-state index contributed by atoms with van der Waals surface area (Å²) in [4.78, 5) is 29.7. The van der Waals surface area contributed by atoms with Crippen molar-refractivity contribution < 1.29 is 14.3 Å². The van der Waals surface area contributed by atoms with Crippen LogP contribution in [0.4, 0.5) is 5.69 Å². The Bertz CT molecular complexity index is 1080. The van der Waals surface area contributed by atoms with Crippen LogP contribution in [0.15, 0.2) is 34.3 Å². The molecule has 1 unspecified atom stereocenters. The molecule has 27 heavy (non-hydrogen) atoms. The van der Waals surface area contributed by atoms with E-state index in [1.54, 1.807) is 29.9 Å². The summed E-state index contributed by atoms with van der Waals surface area (Å²) in [5, 5.41) is 10.4. The minimum atomic E-state index is -0.270. The van der Waals surface area contributed by atoms with Crippen molar-refractivity contribution in [3.63, 3.8) is 0 Å². The van der Waals surface area contributed by atoms with Crippen LogP contribution in [0.5, 0.6) is 11.5 Å². The monoisotopic (exact) mass is 387 g/mol. The summed E-state index contributed by atoms with van der Waals surface area (Å²) in [7, 11) is 3.08. The predicted octanol–water partition coefficient (Wildman–Crippen LogP) is 1.81. The number of ether oxygens (including phenoxy) is 2. The number of rotatable bonds is 5. The van der Waals surface area contributed by atoms with Crippen LogP contribution in [0.25, 0.3) is 11.0 Å². The number of amides is 1. The molecule has 0 fully saturated rings. The first-order valence-corrected chi connectivity index (χ1v) is 9.19. The first-order valence-electron chi connectivity index (χ1n) is 8.21. The normalized spacial score (nSPS) is 15.6. The first-order chi connectivity index (χ1) is 13.1. The second-order valence-electron chi connectivity index (χ2n) is 5.99. The van der Waals surface area contributed by atoms with Crippen molar-refractivity contribution in [2.24, 2.45) is 0 Å². The predicted molar refractivity (Wildman–Crippen MR) is 101 cm³/mol. The van der Waals surface area contributed by atoms with E-state index < -0.39 is 0 Å². The number of H-pyrrole nitrogens is 1. The summed E-state index contributed by atoms with van der Waals surface area (Å²) in [6.07, 6.45) is 1.61. The zero-order valence-electron chi connectivity index (χ0n) is 14.7. The molecule has 2 aromatic heterocycles. The van der Waals surface area contributed by atoms with Crippen LogP contribution < -0.4 is 20.3 Å². The number of aromatic nitrogens is 4. The lowest BCUT2D eigenvalue weighted by Crippen LogP contribution is -2.27. The maximum Gasteiger partial charge on any atom is 0.265 e. The molecule has 140 valence electrons. The highest BCUT2D eigenvalue weighted by molar-refractivity contribution is 7.99. The third kappa shape index (κ3) is 3.12. The zero-order chi connectivity index (χ0) is 19.0. The molecule has 1 atom stereocenters. The number of carbonyl (C=O) groups excluding carboxylic acids is 1. The third-order valence-electron chi connectivity index (χ3n) is 4.36. The number of aromatic amines is 1. The summed E-state index contributed by atoms with van der Waals surface area (Å²) in [5.74, 6) is 1.53. The number of thioether (sulfide) groups is 1. The maximum absolute atomic E-state index is 12.7. The van der Waals surface area contributed by atoms with Gasteiger partial charge in [0, 0.05) is 18.2 Å². The molecule has 0 saturated heterocycles. The standard InChI is InChI=1S/C17H17N5O4S/c1-25-10-3-4-12(13(6-10)26-2)19-14(23)5-9-8-27-17-20-15-11(7-18-21-15)16(24)22(9)17/h3-4,6-7,9H,5,8H2,1-2H3,(H,18,21)(H,19,23). The van der Waals surface area contributed by atoms with Gasteiger partial charge in [-0.2, -0.15) is 5.10 Å². The van der Waals surface area contributed by atoms with E-state index in [2.05, 4.69) is 20.5 Å². The van der Waals surface area contributed by atoms with E-state index in [4.69, 9.17) is 9.47 Å². The molecule has 2 N–H and O–H groups in total. The molecule has 1 amide bonds. The fourth-order valence-corrected chi connectivity index (χ4v) is 4.16. The highest BCUT2D eigenvalue weighted by Gasteiger charge is 2.29. The first kappa shape index (κ1) is 17.4. The van der Waals surface area contributed by atoms with Gasteiger partial charge in [0.15, 0.2) is 10.8 Å². The molecule has 1 aliphatic rings. The van der Waals surface area contributed by atoms with Crippen LogP contribution >= 0.6 is 11.8 Å². The lowest BCUT2D eigenvalue weighted by molar-refractivity contribution is -0.116. The minimum Gasteiger partial charge on any atom is -0.497 e. The van der Waals surface area contributed by atoms with E-state index in [1.807, 2.05) is 0 Å². The smallest absolute Gasteiger partial charge is 0.265 e. The number of anilines is 1. The third-order valence-corrected chi connectivity index (χ3v) is 5.45. The van der Waals surface area contributed by atoms with Gasteiger partial charge >= 0.3 is 0 Å². The lowest BCUT2D eigenvalue weighted by atomic mass is 10.2.